The minimum Gasteiger partial charge on any atom is -0.495 e. The van der Waals surface area contributed by atoms with Crippen molar-refractivity contribution >= 4 is 33.4 Å². The van der Waals surface area contributed by atoms with Gasteiger partial charge in [0.2, 0.25) is 15.9 Å². The highest BCUT2D eigenvalue weighted by Gasteiger charge is 2.26. The fourth-order valence-electron chi connectivity index (χ4n) is 3.58. The van der Waals surface area contributed by atoms with E-state index in [4.69, 9.17) is 16.3 Å². The van der Waals surface area contributed by atoms with Crippen LogP contribution in [0.3, 0.4) is 0 Å². The second-order valence-corrected chi connectivity index (χ2v) is 9.76. The quantitative estimate of drug-likeness (QED) is 0.635. The van der Waals surface area contributed by atoms with Crippen molar-refractivity contribution in [2.75, 3.05) is 20.2 Å². The Morgan fingerprint density at radius 3 is 2.38 bits per heavy atom. The van der Waals surface area contributed by atoms with Gasteiger partial charge in [0.25, 0.3) is 5.91 Å². The maximum atomic E-state index is 13.0. The zero-order valence-corrected chi connectivity index (χ0v) is 19.5. The summed E-state index contributed by atoms with van der Waals surface area (Å²) >= 11 is 5.87. The number of likely N-dealkylation sites (tertiary alicyclic amines) is 1. The number of benzene rings is 2. The molecule has 2 N–H and O–H groups in total. The Hall–Kier alpha value is -2.62. The average Bonchev–Trinajstić information content (AvgIpc) is 2.78. The summed E-state index contributed by atoms with van der Waals surface area (Å²) in [6.07, 6.45) is 1.30. The van der Waals surface area contributed by atoms with Crippen molar-refractivity contribution in [1.82, 2.24) is 14.9 Å². The average molecular weight is 480 g/mol. The van der Waals surface area contributed by atoms with Crippen LogP contribution in [0.15, 0.2) is 47.4 Å². The third kappa shape index (κ3) is 5.99. The highest BCUT2D eigenvalue weighted by molar-refractivity contribution is 7.89. The van der Waals surface area contributed by atoms with Gasteiger partial charge in [0.05, 0.1) is 7.11 Å². The smallest absolute Gasteiger partial charge is 0.253 e. The maximum Gasteiger partial charge on any atom is 0.253 e. The van der Waals surface area contributed by atoms with E-state index >= 15 is 0 Å². The molecule has 1 fully saturated rings. The number of hydrogen-bond acceptors (Lipinski definition) is 5. The Kier molecular flexibility index (Phi) is 7.76. The molecule has 32 heavy (non-hydrogen) atoms. The van der Waals surface area contributed by atoms with Crippen molar-refractivity contribution in [3.05, 3.63) is 58.6 Å². The van der Waals surface area contributed by atoms with E-state index in [2.05, 4.69) is 10.0 Å². The number of rotatable bonds is 7. The van der Waals surface area contributed by atoms with Gasteiger partial charge in [0.1, 0.15) is 10.6 Å². The van der Waals surface area contributed by atoms with Gasteiger partial charge in [-0.1, -0.05) is 23.7 Å². The number of carbonyl (C=O) groups is 2. The van der Waals surface area contributed by atoms with E-state index in [-0.39, 0.29) is 40.6 Å². The van der Waals surface area contributed by atoms with Crippen molar-refractivity contribution < 1.29 is 22.7 Å². The van der Waals surface area contributed by atoms with Gasteiger partial charge in [-0.2, -0.15) is 0 Å². The van der Waals surface area contributed by atoms with Crippen LogP contribution in [0.25, 0.3) is 0 Å². The minimum atomic E-state index is -3.95. The van der Waals surface area contributed by atoms with Crippen molar-refractivity contribution in [2.45, 2.75) is 37.2 Å². The SMILES string of the molecule is COc1ccc(C(=O)N2CCC(NC(C)=O)CC2)cc1S(=O)(=O)NCc1ccc(Cl)cc1. The molecule has 8 nitrogen and oxygen atoms in total. The number of nitrogens with one attached hydrogen (secondary N) is 2. The van der Waals surface area contributed by atoms with Crippen molar-refractivity contribution in [1.29, 1.82) is 0 Å². The third-order valence-electron chi connectivity index (χ3n) is 5.27. The van der Waals surface area contributed by atoms with E-state index in [0.717, 1.165) is 5.56 Å². The predicted octanol–water partition coefficient (Wildman–Crippen LogP) is 2.57. The van der Waals surface area contributed by atoms with E-state index in [1.807, 2.05) is 0 Å². The molecule has 0 atom stereocenters. The van der Waals surface area contributed by atoms with Crippen LogP contribution in [-0.2, 0) is 21.4 Å². The molecular weight excluding hydrogens is 454 g/mol. The standard InChI is InChI=1S/C22H26ClN3O5S/c1-15(27)25-19-9-11-26(12-10-19)22(28)17-5-8-20(31-2)21(13-17)32(29,30)24-14-16-3-6-18(23)7-4-16/h3-8,13,19,24H,9-12,14H2,1-2H3,(H,25,27). The van der Waals surface area contributed by atoms with Crippen LogP contribution in [0.4, 0.5) is 0 Å². The summed E-state index contributed by atoms with van der Waals surface area (Å²) in [5, 5.41) is 3.43. The maximum absolute atomic E-state index is 13.0. The molecule has 0 bridgehead atoms. The lowest BCUT2D eigenvalue weighted by Gasteiger charge is -2.32. The van der Waals surface area contributed by atoms with Crippen LogP contribution >= 0.6 is 11.6 Å². The summed E-state index contributed by atoms with van der Waals surface area (Å²) < 4.78 is 33.7. The van der Waals surface area contributed by atoms with Crippen molar-refractivity contribution in [3.8, 4) is 5.75 Å². The van der Waals surface area contributed by atoms with Crippen LogP contribution < -0.4 is 14.8 Å². The van der Waals surface area contributed by atoms with Crippen LogP contribution in [0, 0.1) is 0 Å². The molecule has 2 aromatic carbocycles. The normalized spacial score (nSPS) is 14.8. The van der Waals surface area contributed by atoms with Gasteiger partial charge < -0.3 is 15.0 Å². The summed E-state index contributed by atoms with van der Waals surface area (Å²) in [7, 11) is -2.57. The molecule has 1 saturated heterocycles. The molecule has 0 saturated carbocycles. The molecule has 0 aromatic heterocycles. The summed E-state index contributed by atoms with van der Waals surface area (Å²) in [6.45, 7) is 2.49. The zero-order chi connectivity index (χ0) is 23.3. The van der Waals surface area contributed by atoms with Gasteiger partial charge in [0, 0.05) is 43.2 Å². The molecule has 10 heteroatoms. The molecule has 2 aromatic rings. The molecule has 1 aliphatic heterocycles. The number of hydrogen-bond donors (Lipinski definition) is 2. The van der Waals surface area contributed by atoms with Gasteiger partial charge in [-0.05, 0) is 48.7 Å². The first-order chi connectivity index (χ1) is 15.2. The molecular formula is C22H26ClN3O5S. The molecule has 0 unspecified atom stereocenters. The Bertz CT molecular complexity index is 1080. The van der Waals surface area contributed by atoms with Gasteiger partial charge >= 0.3 is 0 Å². The van der Waals surface area contributed by atoms with E-state index in [1.165, 1.54) is 26.2 Å². The number of halogens is 1. The first-order valence-corrected chi connectivity index (χ1v) is 12.0. The number of nitrogens with zero attached hydrogens (tertiary/aromatic N) is 1. The monoisotopic (exact) mass is 479 g/mol. The van der Waals surface area contributed by atoms with E-state index < -0.39 is 10.0 Å². The van der Waals surface area contributed by atoms with Crippen LogP contribution in [0.1, 0.15) is 35.7 Å². The summed E-state index contributed by atoms with van der Waals surface area (Å²) in [5.41, 5.74) is 1.00. The Labute approximate surface area is 192 Å². The Morgan fingerprint density at radius 2 is 1.78 bits per heavy atom. The lowest BCUT2D eigenvalue weighted by molar-refractivity contribution is -0.119. The minimum absolute atomic E-state index is 0.0421. The van der Waals surface area contributed by atoms with Gasteiger partial charge in [-0.3, -0.25) is 9.59 Å². The molecule has 172 valence electrons. The van der Waals surface area contributed by atoms with Crippen LogP contribution in [0.5, 0.6) is 5.75 Å². The number of amides is 2. The lowest BCUT2D eigenvalue weighted by Crippen LogP contribution is -2.46. The molecule has 2 amide bonds. The molecule has 1 aliphatic rings. The third-order valence-corrected chi connectivity index (χ3v) is 6.94. The Balaban J connectivity index is 1.75. The fraction of sp³-hybridized carbons (Fsp3) is 0.364. The summed E-state index contributed by atoms with van der Waals surface area (Å²) in [4.78, 5) is 25.8. The molecule has 0 spiro atoms. The van der Waals surface area contributed by atoms with Gasteiger partial charge in [0.15, 0.2) is 0 Å². The Morgan fingerprint density at radius 1 is 1.12 bits per heavy atom. The number of ether oxygens (including phenoxy) is 1. The molecule has 0 radical (unpaired) electrons. The van der Waals surface area contributed by atoms with Gasteiger partial charge in [-0.25, -0.2) is 13.1 Å². The fourth-order valence-corrected chi connectivity index (χ4v) is 4.91. The second-order valence-electron chi connectivity index (χ2n) is 7.58. The number of methoxy groups -OCH3 is 1. The number of carbonyl (C=O) groups excluding carboxylic acids is 2. The second kappa shape index (κ2) is 10.3. The van der Waals surface area contributed by atoms with E-state index in [1.54, 1.807) is 35.2 Å². The lowest BCUT2D eigenvalue weighted by atomic mass is 10.0. The number of sulfonamides is 1. The van der Waals surface area contributed by atoms with Crippen LogP contribution in [-0.4, -0.2) is 51.4 Å². The summed E-state index contributed by atoms with van der Waals surface area (Å²) in [5.74, 6) is -0.205. The zero-order valence-electron chi connectivity index (χ0n) is 17.9. The first kappa shape index (κ1) is 24.0. The topological polar surface area (TPSA) is 105 Å². The van der Waals surface area contributed by atoms with Crippen molar-refractivity contribution in [2.24, 2.45) is 0 Å². The molecule has 0 aliphatic carbocycles. The van der Waals surface area contributed by atoms with Gasteiger partial charge in [-0.15, -0.1) is 0 Å². The van der Waals surface area contributed by atoms with Crippen LogP contribution in [0.2, 0.25) is 5.02 Å². The highest BCUT2D eigenvalue weighted by Crippen LogP contribution is 2.26. The van der Waals surface area contributed by atoms with E-state index in [9.17, 15) is 18.0 Å². The first-order valence-electron chi connectivity index (χ1n) is 10.2. The summed E-state index contributed by atoms with van der Waals surface area (Å²) in [6, 6.07) is 11.2. The highest BCUT2D eigenvalue weighted by atomic mass is 35.5. The number of piperidine rings is 1. The van der Waals surface area contributed by atoms with E-state index in [0.29, 0.717) is 31.0 Å². The molecule has 1 heterocycles. The largest absolute Gasteiger partial charge is 0.495 e. The van der Waals surface area contributed by atoms with Crippen molar-refractivity contribution in [3.63, 3.8) is 0 Å². The molecule has 3 rings (SSSR count). The predicted molar refractivity (Wildman–Crippen MR) is 121 cm³/mol.